The fourth-order valence-electron chi connectivity index (χ4n) is 8.87. The lowest BCUT2D eigenvalue weighted by atomic mass is 9.46. The molecule has 0 bridgehead atoms. The van der Waals surface area contributed by atoms with E-state index in [1.54, 1.807) is 30.4 Å². The largest absolute Gasteiger partial charge is 0.486 e. The van der Waals surface area contributed by atoms with E-state index in [4.69, 9.17) is 37.4 Å². The number of benzene rings is 1. The third-order valence-corrected chi connectivity index (χ3v) is 10.9. The highest BCUT2D eigenvalue weighted by molar-refractivity contribution is 6.34. The molecule has 9 atom stereocenters. The number of aliphatic hydroxyl groups excluding tert-OH is 1. The number of carbonyl (C=O) groups is 2. The number of rotatable bonds is 6. The molecule has 5 aliphatic rings. The number of fused-ring (bicyclic) bond motifs is 7. The van der Waals surface area contributed by atoms with Crippen molar-refractivity contribution in [2.75, 3.05) is 6.61 Å². The molecule has 1 aromatic rings. The summed E-state index contributed by atoms with van der Waals surface area (Å²) < 4.78 is 19.1. The first-order valence-corrected chi connectivity index (χ1v) is 14.8. The van der Waals surface area contributed by atoms with Gasteiger partial charge in [0, 0.05) is 26.8 Å². The number of hydrogen-bond donors (Lipinski definition) is 1. The first kappa shape index (κ1) is 27.5. The van der Waals surface area contributed by atoms with E-state index in [1.165, 1.54) is 0 Å². The Hall–Kier alpha value is -1.70. The first-order valence-electron chi connectivity index (χ1n) is 14.1. The molecule has 6 unspecified atom stereocenters. The summed E-state index contributed by atoms with van der Waals surface area (Å²) in [6.07, 6.45) is 8.18. The van der Waals surface area contributed by atoms with Crippen LogP contribution < -0.4 is 4.74 Å². The SMILES string of the molecule is CCCC1O[C@@H]2CC3C4CCC5=CC(=O)C=CC5(C)C4[C@@H](O)CC3(C)[C@]2(C(=O)COc2cc(Cl)cc(Cl)c2)O1. The summed E-state index contributed by atoms with van der Waals surface area (Å²) in [5.41, 5.74) is -1.14. The van der Waals surface area contributed by atoms with Gasteiger partial charge in [0.1, 0.15) is 12.4 Å². The highest BCUT2D eigenvalue weighted by Gasteiger charge is 2.75. The average Bonchev–Trinajstić information content (AvgIpc) is 3.34. The zero-order valence-corrected chi connectivity index (χ0v) is 24.1. The molecule has 6 nitrogen and oxygen atoms in total. The van der Waals surface area contributed by atoms with Crippen LogP contribution in [0.4, 0.5) is 0 Å². The lowest BCUT2D eigenvalue weighted by molar-refractivity contribution is -0.200. The van der Waals surface area contributed by atoms with Gasteiger partial charge in [-0.15, -0.1) is 0 Å². The second-order valence-corrected chi connectivity index (χ2v) is 13.3. The van der Waals surface area contributed by atoms with Crippen LogP contribution in [-0.2, 0) is 19.1 Å². The van der Waals surface area contributed by atoms with Crippen molar-refractivity contribution < 1.29 is 28.9 Å². The van der Waals surface area contributed by atoms with Crippen LogP contribution in [0.15, 0.2) is 42.0 Å². The highest BCUT2D eigenvalue weighted by Crippen LogP contribution is 2.69. The van der Waals surface area contributed by atoms with Gasteiger partial charge < -0.3 is 19.3 Å². The number of carbonyl (C=O) groups excluding carboxylic acids is 2. The third kappa shape index (κ3) is 4.08. The van der Waals surface area contributed by atoms with Gasteiger partial charge in [-0.2, -0.15) is 0 Å². The number of hydrogen-bond acceptors (Lipinski definition) is 6. The minimum absolute atomic E-state index is 0.0146. The Bertz CT molecular complexity index is 1240. The first-order chi connectivity index (χ1) is 18.5. The number of Topliss-reactive ketones (excluding diaryl/α,β-unsaturated/α-hetero) is 1. The molecule has 4 fully saturated rings. The Balaban J connectivity index is 1.34. The number of ketones is 2. The molecule has 1 saturated heterocycles. The fraction of sp³-hybridized carbons (Fsp3) is 0.613. The summed E-state index contributed by atoms with van der Waals surface area (Å²) in [4.78, 5) is 26.4. The molecule has 0 amide bonds. The Morgan fingerprint density at radius 2 is 1.95 bits per heavy atom. The van der Waals surface area contributed by atoms with E-state index in [2.05, 4.69) is 20.8 Å². The van der Waals surface area contributed by atoms with Crippen molar-refractivity contribution in [3.8, 4) is 5.75 Å². The second-order valence-electron chi connectivity index (χ2n) is 12.5. The molecular weight excluding hydrogens is 539 g/mol. The molecule has 6 rings (SSSR count). The fourth-order valence-corrected chi connectivity index (χ4v) is 9.38. The van der Waals surface area contributed by atoms with Crippen molar-refractivity contribution in [1.82, 2.24) is 0 Å². The van der Waals surface area contributed by atoms with E-state index < -0.39 is 29.5 Å². The Morgan fingerprint density at radius 1 is 1.21 bits per heavy atom. The number of allylic oxidation sites excluding steroid dienone is 4. The Morgan fingerprint density at radius 3 is 2.67 bits per heavy atom. The highest BCUT2D eigenvalue weighted by atomic mass is 35.5. The number of aliphatic hydroxyl groups is 1. The zero-order chi connectivity index (χ0) is 27.7. The molecule has 0 radical (unpaired) electrons. The van der Waals surface area contributed by atoms with E-state index in [1.807, 2.05) is 6.08 Å². The van der Waals surface area contributed by atoms with Gasteiger partial charge >= 0.3 is 0 Å². The monoisotopic (exact) mass is 574 g/mol. The molecule has 1 aliphatic heterocycles. The van der Waals surface area contributed by atoms with Crippen LogP contribution >= 0.6 is 23.2 Å². The molecule has 0 aromatic heterocycles. The molecule has 39 heavy (non-hydrogen) atoms. The maximum absolute atomic E-state index is 14.3. The minimum atomic E-state index is -1.22. The molecule has 1 heterocycles. The molecule has 4 aliphatic carbocycles. The molecule has 1 N–H and O–H groups in total. The Kier molecular flexibility index (Phi) is 6.83. The minimum Gasteiger partial charge on any atom is -0.486 e. The molecular formula is C31H36Cl2O6. The van der Waals surface area contributed by atoms with Crippen LogP contribution in [0.1, 0.15) is 59.3 Å². The van der Waals surface area contributed by atoms with Crippen molar-refractivity contribution in [1.29, 1.82) is 0 Å². The van der Waals surface area contributed by atoms with Crippen molar-refractivity contribution in [2.24, 2.45) is 28.6 Å². The van der Waals surface area contributed by atoms with Gasteiger partial charge in [0.2, 0.25) is 5.78 Å². The van der Waals surface area contributed by atoms with Gasteiger partial charge in [-0.25, -0.2) is 0 Å². The molecule has 1 aromatic carbocycles. The van der Waals surface area contributed by atoms with Gasteiger partial charge in [0.15, 0.2) is 17.7 Å². The van der Waals surface area contributed by atoms with Gasteiger partial charge in [0.25, 0.3) is 0 Å². The van der Waals surface area contributed by atoms with E-state index in [9.17, 15) is 14.7 Å². The summed E-state index contributed by atoms with van der Waals surface area (Å²) in [6.45, 7) is 6.11. The van der Waals surface area contributed by atoms with Crippen LogP contribution in [0.5, 0.6) is 5.75 Å². The molecule has 210 valence electrons. The normalized spacial score (nSPS) is 42.3. The molecule has 0 spiro atoms. The number of halogens is 2. The lowest BCUT2D eigenvalue weighted by Crippen LogP contribution is -2.63. The summed E-state index contributed by atoms with van der Waals surface area (Å²) >= 11 is 12.3. The topological polar surface area (TPSA) is 82.1 Å². The summed E-state index contributed by atoms with van der Waals surface area (Å²) in [5, 5.41) is 12.7. The zero-order valence-electron chi connectivity index (χ0n) is 22.6. The molecule has 3 saturated carbocycles. The van der Waals surface area contributed by atoms with Crippen LogP contribution in [0.25, 0.3) is 0 Å². The van der Waals surface area contributed by atoms with Crippen molar-refractivity contribution in [3.05, 3.63) is 52.0 Å². The summed E-state index contributed by atoms with van der Waals surface area (Å²) in [6, 6.07) is 4.87. The average molecular weight is 576 g/mol. The van der Waals surface area contributed by atoms with E-state index in [-0.39, 0.29) is 41.3 Å². The predicted octanol–water partition coefficient (Wildman–Crippen LogP) is 6.11. The smallest absolute Gasteiger partial charge is 0.205 e. The van der Waals surface area contributed by atoms with Gasteiger partial charge in [0.05, 0.1) is 12.2 Å². The lowest BCUT2D eigenvalue weighted by Gasteiger charge is -2.59. The van der Waals surface area contributed by atoms with Crippen LogP contribution in [-0.4, -0.2) is 47.4 Å². The van der Waals surface area contributed by atoms with E-state index in [0.717, 1.165) is 24.8 Å². The van der Waals surface area contributed by atoms with Crippen LogP contribution in [0.3, 0.4) is 0 Å². The Labute approximate surface area is 239 Å². The number of ether oxygens (including phenoxy) is 3. The third-order valence-electron chi connectivity index (χ3n) is 10.4. The maximum atomic E-state index is 14.3. The summed E-state index contributed by atoms with van der Waals surface area (Å²) in [5.74, 6) is 0.497. The van der Waals surface area contributed by atoms with Gasteiger partial charge in [-0.05, 0) is 74.3 Å². The van der Waals surface area contributed by atoms with Gasteiger partial charge in [-0.3, -0.25) is 9.59 Å². The van der Waals surface area contributed by atoms with Crippen LogP contribution in [0, 0.1) is 28.6 Å². The standard InChI is InChI=1S/C31H36Cl2O6/c1-4-5-27-38-26-14-23-22-7-6-17-10-20(34)8-9-29(17,2)28(22)24(35)15-30(23,3)31(26,39-27)25(36)16-37-21-12-18(32)11-19(33)13-21/h8-13,22-24,26-28,35H,4-7,14-16H2,1-3H3/t22?,23?,24-,26+,27?,28?,29?,30?,31+/m0/s1. The summed E-state index contributed by atoms with van der Waals surface area (Å²) in [7, 11) is 0. The second kappa shape index (κ2) is 9.70. The van der Waals surface area contributed by atoms with Crippen molar-refractivity contribution in [2.45, 2.75) is 83.4 Å². The predicted molar refractivity (Wildman–Crippen MR) is 148 cm³/mol. The molecule has 8 heteroatoms. The quantitative estimate of drug-likeness (QED) is 0.441. The van der Waals surface area contributed by atoms with Gasteiger partial charge in [-0.1, -0.05) is 62.0 Å². The van der Waals surface area contributed by atoms with Crippen molar-refractivity contribution in [3.63, 3.8) is 0 Å². The van der Waals surface area contributed by atoms with E-state index in [0.29, 0.717) is 35.1 Å². The van der Waals surface area contributed by atoms with Crippen molar-refractivity contribution >= 4 is 34.8 Å². The van der Waals surface area contributed by atoms with Crippen LogP contribution in [0.2, 0.25) is 10.0 Å². The maximum Gasteiger partial charge on any atom is 0.205 e. The van der Waals surface area contributed by atoms with E-state index >= 15 is 0 Å².